The van der Waals surface area contributed by atoms with Gasteiger partial charge in [-0.2, -0.15) is 0 Å². The normalized spacial score (nSPS) is 10.7. The van der Waals surface area contributed by atoms with Crippen LogP contribution in [0.3, 0.4) is 0 Å². The fourth-order valence-electron chi connectivity index (χ4n) is 3.24. The highest BCUT2D eigenvalue weighted by atomic mass is 16.5. The van der Waals surface area contributed by atoms with Crippen molar-refractivity contribution < 1.29 is 19.0 Å². The molecule has 1 aromatic heterocycles. The number of nitrogens with zero attached hydrogens (tertiary/aromatic N) is 1. The van der Waals surface area contributed by atoms with Crippen molar-refractivity contribution in [3.63, 3.8) is 0 Å². The van der Waals surface area contributed by atoms with Crippen molar-refractivity contribution in [1.82, 2.24) is 9.88 Å². The van der Waals surface area contributed by atoms with E-state index in [1.807, 2.05) is 48.7 Å². The van der Waals surface area contributed by atoms with Gasteiger partial charge in [0, 0.05) is 31.8 Å². The van der Waals surface area contributed by atoms with Crippen LogP contribution in [-0.4, -0.2) is 45.1 Å². The van der Waals surface area contributed by atoms with Gasteiger partial charge >= 0.3 is 6.03 Å². The first kappa shape index (κ1) is 20.5. The maximum Gasteiger partial charge on any atom is 0.319 e. The number of anilines is 1. The van der Waals surface area contributed by atoms with Crippen LogP contribution < -0.4 is 20.1 Å². The molecule has 0 fully saturated rings. The summed E-state index contributed by atoms with van der Waals surface area (Å²) >= 11 is 0. The van der Waals surface area contributed by atoms with E-state index in [1.54, 1.807) is 21.3 Å². The van der Waals surface area contributed by atoms with E-state index in [1.165, 1.54) is 0 Å². The summed E-state index contributed by atoms with van der Waals surface area (Å²) < 4.78 is 17.8. The largest absolute Gasteiger partial charge is 0.493 e. The summed E-state index contributed by atoms with van der Waals surface area (Å²) in [6.45, 7) is 1.91. The molecule has 2 N–H and O–H groups in total. The highest BCUT2D eigenvalue weighted by Crippen LogP contribution is 2.27. The smallest absolute Gasteiger partial charge is 0.319 e. The quantitative estimate of drug-likeness (QED) is 0.578. The van der Waals surface area contributed by atoms with Gasteiger partial charge in [0.2, 0.25) is 0 Å². The molecule has 3 rings (SSSR count). The highest BCUT2D eigenvalue weighted by molar-refractivity contribution is 6.00. The van der Waals surface area contributed by atoms with Gasteiger partial charge in [-0.3, -0.25) is 0 Å². The molecule has 7 heteroatoms. The average molecular weight is 397 g/mol. The van der Waals surface area contributed by atoms with Gasteiger partial charge in [-0.1, -0.05) is 12.1 Å². The second-order valence-electron chi connectivity index (χ2n) is 6.56. The number of methoxy groups -OCH3 is 3. The number of amides is 2. The Balaban J connectivity index is 1.58. The fourth-order valence-corrected chi connectivity index (χ4v) is 3.24. The topological polar surface area (TPSA) is 73.8 Å². The van der Waals surface area contributed by atoms with Crippen molar-refractivity contribution in [3.05, 3.63) is 54.2 Å². The second-order valence-corrected chi connectivity index (χ2v) is 6.56. The van der Waals surface area contributed by atoms with Gasteiger partial charge in [0.15, 0.2) is 11.5 Å². The molecule has 2 amide bonds. The molecular weight excluding hydrogens is 370 g/mol. The number of urea groups is 1. The third-order valence-electron chi connectivity index (χ3n) is 4.75. The van der Waals surface area contributed by atoms with E-state index in [-0.39, 0.29) is 6.03 Å². The van der Waals surface area contributed by atoms with Crippen molar-refractivity contribution in [2.75, 3.05) is 39.8 Å². The molecule has 0 radical (unpaired) electrons. The van der Waals surface area contributed by atoms with E-state index in [2.05, 4.69) is 15.2 Å². The number of hydrogen-bond donors (Lipinski definition) is 2. The Bertz CT molecular complexity index is 968. The Labute approximate surface area is 170 Å². The predicted octanol–water partition coefficient (Wildman–Crippen LogP) is 3.67. The molecule has 0 aliphatic carbocycles. The van der Waals surface area contributed by atoms with Crippen LogP contribution in [0.5, 0.6) is 11.5 Å². The number of fused-ring (bicyclic) bond motifs is 1. The van der Waals surface area contributed by atoms with E-state index in [0.717, 1.165) is 28.7 Å². The Morgan fingerprint density at radius 1 is 1.03 bits per heavy atom. The van der Waals surface area contributed by atoms with Crippen LogP contribution in [0.2, 0.25) is 0 Å². The summed E-state index contributed by atoms with van der Waals surface area (Å²) in [5.41, 5.74) is 2.90. The van der Waals surface area contributed by atoms with E-state index in [9.17, 15) is 4.79 Å². The lowest BCUT2D eigenvalue weighted by molar-refractivity contribution is 0.188. The number of hydrogen-bond acceptors (Lipinski definition) is 4. The van der Waals surface area contributed by atoms with Gasteiger partial charge < -0.3 is 29.4 Å². The fraction of sp³-hybridized carbons (Fsp3) is 0.318. The average Bonchev–Trinajstić information content (AvgIpc) is 3.16. The number of aromatic nitrogens is 1. The molecule has 7 nitrogen and oxygen atoms in total. The molecule has 0 saturated carbocycles. The van der Waals surface area contributed by atoms with Crippen molar-refractivity contribution in [3.8, 4) is 11.5 Å². The molecule has 0 spiro atoms. The maximum absolute atomic E-state index is 12.4. The minimum Gasteiger partial charge on any atom is -0.493 e. The first-order valence-electron chi connectivity index (χ1n) is 9.48. The SMILES string of the molecule is COCCn1ccc2c(NC(=O)NCCc3ccc(OC)c(OC)c3)cccc21. The Hall–Kier alpha value is -3.19. The summed E-state index contributed by atoms with van der Waals surface area (Å²) in [7, 11) is 4.90. The van der Waals surface area contributed by atoms with Crippen molar-refractivity contribution in [2.24, 2.45) is 0 Å². The number of ether oxygens (including phenoxy) is 3. The van der Waals surface area contributed by atoms with Gasteiger partial charge in [-0.15, -0.1) is 0 Å². The number of carbonyl (C=O) groups is 1. The lowest BCUT2D eigenvalue weighted by atomic mass is 10.1. The zero-order valence-corrected chi connectivity index (χ0v) is 17.0. The van der Waals surface area contributed by atoms with Crippen LogP contribution in [0.25, 0.3) is 10.9 Å². The molecule has 0 unspecified atom stereocenters. The molecule has 0 atom stereocenters. The summed E-state index contributed by atoms with van der Waals surface area (Å²) in [6.07, 6.45) is 2.69. The van der Waals surface area contributed by atoms with Crippen molar-refractivity contribution >= 4 is 22.6 Å². The van der Waals surface area contributed by atoms with Gasteiger partial charge in [0.1, 0.15) is 0 Å². The van der Waals surface area contributed by atoms with Crippen LogP contribution in [0.1, 0.15) is 5.56 Å². The van der Waals surface area contributed by atoms with Gasteiger partial charge in [-0.05, 0) is 42.3 Å². The van der Waals surface area contributed by atoms with E-state index in [4.69, 9.17) is 14.2 Å². The van der Waals surface area contributed by atoms with E-state index < -0.39 is 0 Å². The molecule has 3 aromatic rings. The van der Waals surface area contributed by atoms with Crippen LogP contribution in [-0.2, 0) is 17.7 Å². The highest BCUT2D eigenvalue weighted by Gasteiger charge is 2.09. The maximum atomic E-state index is 12.4. The number of carbonyl (C=O) groups excluding carboxylic acids is 1. The Kier molecular flexibility index (Phi) is 6.97. The first-order chi connectivity index (χ1) is 14.2. The zero-order valence-electron chi connectivity index (χ0n) is 17.0. The standard InChI is InChI=1S/C22H27N3O4/c1-27-14-13-25-12-10-17-18(5-4-6-19(17)25)24-22(26)23-11-9-16-7-8-20(28-2)21(15-16)29-3/h4-8,10,12,15H,9,11,13-14H2,1-3H3,(H2,23,24,26). The molecule has 0 bridgehead atoms. The molecule has 2 aromatic carbocycles. The minimum atomic E-state index is -0.234. The molecule has 0 saturated heterocycles. The predicted molar refractivity (Wildman–Crippen MR) is 114 cm³/mol. The zero-order chi connectivity index (χ0) is 20.6. The summed E-state index contributed by atoms with van der Waals surface area (Å²) in [5, 5.41) is 6.84. The van der Waals surface area contributed by atoms with Gasteiger partial charge in [-0.25, -0.2) is 4.79 Å². The lowest BCUT2D eigenvalue weighted by Crippen LogP contribution is -2.30. The first-order valence-corrected chi connectivity index (χ1v) is 9.48. The molecule has 154 valence electrons. The summed E-state index contributed by atoms with van der Waals surface area (Å²) in [5.74, 6) is 1.37. The molecule has 0 aliphatic rings. The summed E-state index contributed by atoms with van der Waals surface area (Å²) in [4.78, 5) is 12.4. The van der Waals surface area contributed by atoms with E-state index in [0.29, 0.717) is 31.1 Å². The third kappa shape index (κ3) is 5.00. The van der Waals surface area contributed by atoms with Gasteiger partial charge in [0.05, 0.1) is 32.0 Å². The molecular formula is C22H27N3O4. The minimum absolute atomic E-state index is 0.234. The van der Waals surface area contributed by atoms with Crippen LogP contribution in [0, 0.1) is 0 Å². The number of benzene rings is 2. The van der Waals surface area contributed by atoms with Crippen LogP contribution in [0.4, 0.5) is 10.5 Å². The van der Waals surface area contributed by atoms with Crippen molar-refractivity contribution in [2.45, 2.75) is 13.0 Å². The third-order valence-corrected chi connectivity index (χ3v) is 4.75. The monoisotopic (exact) mass is 397 g/mol. The Morgan fingerprint density at radius 2 is 1.86 bits per heavy atom. The summed E-state index contributed by atoms with van der Waals surface area (Å²) in [6, 6.07) is 13.4. The Morgan fingerprint density at radius 3 is 2.62 bits per heavy atom. The van der Waals surface area contributed by atoms with Crippen molar-refractivity contribution in [1.29, 1.82) is 0 Å². The number of nitrogens with one attached hydrogen (secondary N) is 2. The van der Waals surface area contributed by atoms with Crippen LogP contribution >= 0.6 is 0 Å². The van der Waals surface area contributed by atoms with Gasteiger partial charge in [0.25, 0.3) is 0 Å². The van der Waals surface area contributed by atoms with Crippen LogP contribution in [0.15, 0.2) is 48.7 Å². The van der Waals surface area contributed by atoms with E-state index >= 15 is 0 Å². The number of rotatable bonds is 9. The molecule has 0 aliphatic heterocycles. The lowest BCUT2D eigenvalue weighted by Gasteiger charge is -2.11. The molecule has 29 heavy (non-hydrogen) atoms. The second kappa shape index (κ2) is 9.84. The molecule has 1 heterocycles.